The zero-order valence-electron chi connectivity index (χ0n) is 12.2. The van der Waals surface area contributed by atoms with E-state index in [1.807, 2.05) is 36.7 Å². The van der Waals surface area contributed by atoms with Crippen LogP contribution in [0.4, 0.5) is 5.69 Å². The SMILES string of the molecule is CCn1nc(C)c(Cl)c1CC(=O)C1Cc2ccccc2N1. The fraction of sp³-hybridized carbons (Fsp3) is 0.375. The van der Waals surface area contributed by atoms with E-state index in [1.165, 1.54) is 5.56 Å². The van der Waals surface area contributed by atoms with Gasteiger partial charge in [-0.25, -0.2) is 0 Å². The first-order valence-electron chi connectivity index (χ1n) is 7.19. The molecule has 1 atom stereocenters. The quantitative estimate of drug-likeness (QED) is 0.944. The molecule has 4 nitrogen and oxygen atoms in total. The van der Waals surface area contributed by atoms with E-state index in [0.29, 0.717) is 18.0 Å². The molecule has 1 aromatic heterocycles. The predicted octanol–water partition coefficient (Wildman–Crippen LogP) is 3.01. The molecular weight excluding hydrogens is 286 g/mol. The molecule has 0 fully saturated rings. The maximum absolute atomic E-state index is 12.6. The first-order chi connectivity index (χ1) is 10.1. The van der Waals surface area contributed by atoms with Crippen molar-refractivity contribution in [2.24, 2.45) is 0 Å². The number of para-hydroxylation sites is 1. The molecule has 1 aliphatic heterocycles. The fourth-order valence-electron chi connectivity index (χ4n) is 2.82. The summed E-state index contributed by atoms with van der Waals surface area (Å²) in [6.07, 6.45) is 1.06. The smallest absolute Gasteiger partial charge is 0.161 e. The highest BCUT2D eigenvalue weighted by Gasteiger charge is 2.28. The van der Waals surface area contributed by atoms with E-state index in [0.717, 1.165) is 23.5 Å². The summed E-state index contributed by atoms with van der Waals surface area (Å²) in [6.45, 7) is 4.58. The lowest BCUT2D eigenvalue weighted by molar-refractivity contribution is -0.119. The van der Waals surface area contributed by atoms with Gasteiger partial charge >= 0.3 is 0 Å². The molecular formula is C16H18ClN3O. The second-order valence-electron chi connectivity index (χ2n) is 5.36. The van der Waals surface area contributed by atoms with Gasteiger partial charge in [-0.2, -0.15) is 5.10 Å². The third-order valence-electron chi connectivity index (χ3n) is 3.95. The first-order valence-corrected chi connectivity index (χ1v) is 7.57. The maximum atomic E-state index is 12.6. The number of Topliss-reactive ketones (excluding diaryl/α,β-unsaturated/α-hetero) is 1. The minimum atomic E-state index is -0.168. The van der Waals surface area contributed by atoms with E-state index in [9.17, 15) is 4.79 Å². The molecule has 1 aliphatic rings. The van der Waals surface area contributed by atoms with Gasteiger partial charge < -0.3 is 5.32 Å². The summed E-state index contributed by atoms with van der Waals surface area (Å²) in [4.78, 5) is 12.6. The van der Waals surface area contributed by atoms with Crippen molar-refractivity contribution in [1.29, 1.82) is 0 Å². The number of aromatic nitrogens is 2. The van der Waals surface area contributed by atoms with Crippen LogP contribution in [0, 0.1) is 6.92 Å². The van der Waals surface area contributed by atoms with Crippen LogP contribution in [0.25, 0.3) is 0 Å². The Labute approximate surface area is 129 Å². The molecule has 0 spiro atoms. The van der Waals surface area contributed by atoms with Crippen LogP contribution in [-0.4, -0.2) is 21.6 Å². The summed E-state index contributed by atoms with van der Waals surface area (Å²) < 4.78 is 1.82. The van der Waals surface area contributed by atoms with Gasteiger partial charge in [0.15, 0.2) is 5.78 Å². The number of ketones is 1. The van der Waals surface area contributed by atoms with Crippen molar-refractivity contribution in [3.63, 3.8) is 0 Å². The molecule has 2 aromatic rings. The Morgan fingerprint density at radius 3 is 2.95 bits per heavy atom. The lowest BCUT2D eigenvalue weighted by Crippen LogP contribution is -2.29. The predicted molar refractivity (Wildman–Crippen MR) is 83.9 cm³/mol. The highest BCUT2D eigenvalue weighted by molar-refractivity contribution is 6.32. The van der Waals surface area contributed by atoms with Gasteiger partial charge in [0, 0.05) is 18.7 Å². The molecule has 1 unspecified atom stereocenters. The Morgan fingerprint density at radius 2 is 2.24 bits per heavy atom. The third-order valence-corrected chi connectivity index (χ3v) is 4.45. The van der Waals surface area contributed by atoms with Crippen molar-refractivity contribution < 1.29 is 4.79 Å². The normalized spacial score (nSPS) is 16.6. The van der Waals surface area contributed by atoms with E-state index in [1.54, 1.807) is 0 Å². The molecule has 0 saturated carbocycles. The topological polar surface area (TPSA) is 46.9 Å². The van der Waals surface area contributed by atoms with Gasteiger partial charge in [0.05, 0.1) is 28.9 Å². The number of rotatable bonds is 4. The Morgan fingerprint density at radius 1 is 1.48 bits per heavy atom. The summed E-state index contributed by atoms with van der Waals surface area (Å²) in [5.74, 6) is 0.155. The summed E-state index contributed by atoms with van der Waals surface area (Å²) in [5, 5.41) is 8.27. The van der Waals surface area contributed by atoms with E-state index in [-0.39, 0.29) is 11.8 Å². The van der Waals surface area contributed by atoms with E-state index in [4.69, 9.17) is 11.6 Å². The second-order valence-corrected chi connectivity index (χ2v) is 5.74. The van der Waals surface area contributed by atoms with E-state index >= 15 is 0 Å². The molecule has 5 heteroatoms. The Bertz CT molecular complexity index is 668. The van der Waals surface area contributed by atoms with Gasteiger partial charge in [-0.3, -0.25) is 9.48 Å². The summed E-state index contributed by atoms with van der Waals surface area (Å²) in [7, 11) is 0. The Balaban J connectivity index is 1.77. The van der Waals surface area contributed by atoms with Crippen LogP contribution < -0.4 is 5.32 Å². The number of nitrogens with one attached hydrogen (secondary N) is 1. The molecule has 0 amide bonds. The number of carbonyl (C=O) groups is 1. The van der Waals surface area contributed by atoms with E-state index in [2.05, 4.69) is 16.5 Å². The Hall–Kier alpha value is -1.81. The van der Waals surface area contributed by atoms with Gasteiger partial charge in [-0.15, -0.1) is 0 Å². The van der Waals surface area contributed by atoms with Crippen molar-refractivity contribution in [3.05, 3.63) is 46.2 Å². The van der Waals surface area contributed by atoms with E-state index < -0.39 is 0 Å². The molecule has 0 radical (unpaired) electrons. The van der Waals surface area contributed by atoms with Gasteiger partial charge in [-0.1, -0.05) is 29.8 Å². The average molecular weight is 304 g/mol. The zero-order chi connectivity index (χ0) is 15.0. The van der Waals surface area contributed by atoms with Gasteiger partial charge in [0.25, 0.3) is 0 Å². The van der Waals surface area contributed by atoms with Crippen LogP contribution in [-0.2, 0) is 24.2 Å². The number of halogens is 1. The molecule has 0 aliphatic carbocycles. The fourth-order valence-corrected chi connectivity index (χ4v) is 3.02. The minimum Gasteiger partial charge on any atom is -0.375 e. The van der Waals surface area contributed by atoms with Crippen LogP contribution >= 0.6 is 11.6 Å². The highest BCUT2D eigenvalue weighted by atomic mass is 35.5. The first kappa shape index (κ1) is 14.1. The van der Waals surface area contributed by atoms with Gasteiger partial charge in [0.2, 0.25) is 0 Å². The van der Waals surface area contributed by atoms with Crippen LogP contribution in [0.3, 0.4) is 0 Å². The highest BCUT2D eigenvalue weighted by Crippen LogP contribution is 2.27. The number of fused-ring (bicyclic) bond motifs is 1. The molecule has 21 heavy (non-hydrogen) atoms. The molecule has 1 N–H and O–H groups in total. The maximum Gasteiger partial charge on any atom is 0.161 e. The number of hydrogen-bond acceptors (Lipinski definition) is 3. The number of nitrogens with zero attached hydrogens (tertiary/aromatic N) is 2. The van der Waals surface area contributed by atoms with Crippen molar-refractivity contribution >= 4 is 23.1 Å². The molecule has 0 saturated heterocycles. The van der Waals surface area contributed by atoms with Gasteiger partial charge in [-0.05, 0) is 25.5 Å². The zero-order valence-corrected chi connectivity index (χ0v) is 12.9. The number of hydrogen-bond donors (Lipinski definition) is 1. The number of aryl methyl sites for hydroxylation is 2. The van der Waals surface area contributed by atoms with Crippen LogP contribution in [0.5, 0.6) is 0 Å². The monoisotopic (exact) mass is 303 g/mol. The molecule has 1 aromatic carbocycles. The molecule has 3 rings (SSSR count). The second kappa shape index (κ2) is 5.53. The minimum absolute atomic E-state index is 0.155. The van der Waals surface area contributed by atoms with Gasteiger partial charge in [0.1, 0.15) is 0 Å². The van der Waals surface area contributed by atoms with Crippen molar-refractivity contribution in [3.8, 4) is 0 Å². The van der Waals surface area contributed by atoms with Crippen molar-refractivity contribution in [2.45, 2.75) is 39.3 Å². The van der Waals surface area contributed by atoms with Crippen LogP contribution in [0.1, 0.15) is 23.9 Å². The van der Waals surface area contributed by atoms with Crippen LogP contribution in [0.15, 0.2) is 24.3 Å². The van der Waals surface area contributed by atoms with Crippen molar-refractivity contribution in [1.82, 2.24) is 9.78 Å². The molecule has 2 heterocycles. The number of anilines is 1. The summed E-state index contributed by atoms with van der Waals surface area (Å²) in [6, 6.07) is 7.88. The lowest BCUT2D eigenvalue weighted by Gasteiger charge is -2.11. The number of carbonyl (C=O) groups excluding carboxylic acids is 1. The Kier molecular flexibility index (Phi) is 3.72. The standard InChI is InChI=1S/C16H18ClN3O/c1-3-20-14(16(17)10(2)19-20)9-15(21)13-8-11-6-4-5-7-12(11)18-13/h4-7,13,18H,3,8-9H2,1-2H3. The molecule has 110 valence electrons. The number of benzene rings is 1. The largest absolute Gasteiger partial charge is 0.375 e. The van der Waals surface area contributed by atoms with Crippen LogP contribution in [0.2, 0.25) is 5.02 Å². The lowest BCUT2D eigenvalue weighted by atomic mass is 10.0. The molecule has 0 bridgehead atoms. The average Bonchev–Trinajstić information content (AvgIpc) is 3.03. The third kappa shape index (κ3) is 2.56. The van der Waals surface area contributed by atoms with Crippen molar-refractivity contribution in [2.75, 3.05) is 5.32 Å². The summed E-state index contributed by atoms with van der Waals surface area (Å²) >= 11 is 6.28. The summed E-state index contributed by atoms with van der Waals surface area (Å²) in [5.41, 5.74) is 3.85.